The molecule has 0 spiro atoms. The minimum Gasteiger partial charge on any atom is -0.377 e. The summed E-state index contributed by atoms with van der Waals surface area (Å²) in [5.41, 5.74) is 2.26. The van der Waals surface area contributed by atoms with Crippen molar-refractivity contribution in [1.29, 1.82) is 0 Å². The zero-order valence-corrected chi connectivity index (χ0v) is 14.8. The standard InChI is InChI=1S/C17H27N3O2.ClH/c1-3-22-13-16-7-5-4-6-15(16)11-19-17(21)12-20-9-8-18-10-14(20)2;/h4-7,14,18H,3,8-13H2,1-2H3,(H,19,21);1H/t14-;/m0./s1. The van der Waals surface area contributed by atoms with Gasteiger partial charge in [0.05, 0.1) is 13.2 Å². The molecule has 1 aliphatic rings. The van der Waals surface area contributed by atoms with E-state index < -0.39 is 0 Å². The van der Waals surface area contributed by atoms with E-state index in [0.717, 1.165) is 30.8 Å². The molecule has 1 saturated heterocycles. The fraction of sp³-hybridized carbons (Fsp3) is 0.588. The molecule has 0 radical (unpaired) electrons. The maximum Gasteiger partial charge on any atom is 0.234 e. The fourth-order valence-corrected chi connectivity index (χ4v) is 2.63. The van der Waals surface area contributed by atoms with Crippen LogP contribution in [0.1, 0.15) is 25.0 Å². The lowest BCUT2D eigenvalue weighted by Crippen LogP contribution is -2.52. The Kier molecular flexibility index (Phi) is 9.17. The van der Waals surface area contributed by atoms with Crippen molar-refractivity contribution in [3.8, 4) is 0 Å². The molecule has 1 aromatic carbocycles. The zero-order valence-electron chi connectivity index (χ0n) is 14.0. The zero-order chi connectivity index (χ0) is 15.8. The average molecular weight is 342 g/mol. The number of hydrogen-bond donors (Lipinski definition) is 2. The van der Waals surface area contributed by atoms with Gasteiger partial charge in [0.1, 0.15) is 0 Å². The molecule has 1 atom stereocenters. The third-order valence-electron chi connectivity index (χ3n) is 4.04. The van der Waals surface area contributed by atoms with Crippen LogP contribution in [0.15, 0.2) is 24.3 Å². The molecule has 0 unspecified atom stereocenters. The van der Waals surface area contributed by atoms with E-state index in [-0.39, 0.29) is 18.3 Å². The number of piperazine rings is 1. The first kappa shape index (κ1) is 19.9. The van der Waals surface area contributed by atoms with Gasteiger partial charge >= 0.3 is 0 Å². The molecule has 1 fully saturated rings. The second kappa shape index (κ2) is 10.6. The number of rotatable bonds is 7. The maximum atomic E-state index is 12.2. The second-order valence-electron chi connectivity index (χ2n) is 5.71. The highest BCUT2D eigenvalue weighted by Crippen LogP contribution is 2.10. The Labute approximate surface area is 145 Å². The highest BCUT2D eigenvalue weighted by atomic mass is 35.5. The third kappa shape index (κ3) is 6.47. The number of benzene rings is 1. The maximum absolute atomic E-state index is 12.2. The van der Waals surface area contributed by atoms with Crippen LogP contribution in [0.3, 0.4) is 0 Å². The summed E-state index contributed by atoms with van der Waals surface area (Å²) in [5.74, 6) is 0.0833. The Morgan fingerprint density at radius 3 is 2.83 bits per heavy atom. The number of hydrogen-bond acceptors (Lipinski definition) is 4. The molecule has 1 aliphatic heterocycles. The second-order valence-corrected chi connectivity index (χ2v) is 5.71. The van der Waals surface area contributed by atoms with Crippen LogP contribution in [-0.4, -0.2) is 49.6 Å². The van der Waals surface area contributed by atoms with E-state index in [4.69, 9.17) is 4.74 Å². The van der Waals surface area contributed by atoms with E-state index in [1.165, 1.54) is 0 Å². The molecule has 2 N–H and O–H groups in total. The Bertz CT molecular complexity index is 485. The van der Waals surface area contributed by atoms with Gasteiger partial charge in [-0.1, -0.05) is 24.3 Å². The number of halogens is 1. The van der Waals surface area contributed by atoms with Crippen molar-refractivity contribution in [2.24, 2.45) is 0 Å². The Morgan fingerprint density at radius 1 is 1.39 bits per heavy atom. The van der Waals surface area contributed by atoms with Crippen molar-refractivity contribution >= 4 is 18.3 Å². The highest BCUT2D eigenvalue weighted by molar-refractivity contribution is 5.85. The summed E-state index contributed by atoms with van der Waals surface area (Å²) in [7, 11) is 0. The van der Waals surface area contributed by atoms with Gasteiger partial charge < -0.3 is 15.4 Å². The summed E-state index contributed by atoms with van der Waals surface area (Å²) in [6.07, 6.45) is 0. The van der Waals surface area contributed by atoms with Crippen LogP contribution in [0.4, 0.5) is 0 Å². The Morgan fingerprint density at radius 2 is 2.13 bits per heavy atom. The van der Waals surface area contributed by atoms with E-state index in [0.29, 0.717) is 32.3 Å². The topological polar surface area (TPSA) is 53.6 Å². The van der Waals surface area contributed by atoms with Crippen molar-refractivity contribution in [3.05, 3.63) is 35.4 Å². The monoisotopic (exact) mass is 341 g/mol. The minimum absolute atomic E-state index is 0. The van der Waals surface area contributed by atoms with Gasteiger partial charge in [-0.3, -0.25) is 9.69 Å². The van der Waals surface area contributed by atoms with Crippen LogP contribution < -0.4 is 10.6 Å². The molecule has 1 amide bonds. The number of carbonyl (C=O) groups excluding carboxylic acids is 1. The van der Waals surface area contributed by atoms with E-state index in [1.54, 1.807) is 0 Å². The molecule has 0 bridgehead atoms. The minimum atomic E-state index is 0. The third-order valence-corrected chi connectivity index (χ3v) is 4.04. The van der Waals surface area contributed by atoms with Gasteiger partial charge in [-0.05, 0) is 25.0 Å². The summed E-state index contributed by atoms with van der Waals surface area (Å²) >= 11 is 0. The van der Waals surface area contributed by atoms with Crippen molar-refractivity contribution < 1.29 is 9.53 Å². The molecule has 0 saturated carbocycles. The smallest absolute Gasteiger partial charge is 0.234 e. The molecular weight excluding hydrogens is 314 g/mol. The summed E-state index contributed by atoms with van der Waals surface area (Å²) in [5, 5.41) is 6.36. The summed E-state index contributed by atoms with van der Waals surface area (Å²) in [6, 6.07) is 8.50. The Hall–Kier alpha value is -1.14. The van der Waals surface area contributed by atoms with E-state index >= 15 is 0 Å². The summed E-state index contributed by atoms with van der Waals surface area (Å²) < 4.78 is 5.47. The van der Waals surface area contributed by atoms with E-state index in [2.05, 4.69) is 28.5 Å². The van der Waals surface area contributed by atoms with Crippen LogP contribution in [0.25, 0.3) is 0 Å². The summed E-state index contributed by atoms with van der Waals surface area (Å²) in [6.45, 7) is 9.28. The van der Waals surface area contributed by atoms with Crippen LogP contribution in [0.2, 0.25) is 0 Å². The van der Waals surface area contributed by atoms with Crippen molar-refractivity contribution in [3.63, 3.8) is 0 Å². The number of nitrogens with zero attached hydrogens (tertiary/aromatic N) is 1. The Balaban J connectivity index is 0.00000264. The lowest BCUT2D eigenvalue weighted by molar-refractivity contribution is -0.123. The molecule has 0 aliphatic carbocycles. The molecule has 1 aromatic rings. The molecule has 6 heteroatoms. The summed E-state index contributed by atoms with van der Waals surface area (Å²) in [4.78, 5) is 14.4. The van der Waals surface area contributed by atoms with Gasteiger partial charge in [0.15, 0.2) is 0 Å². The van der Waals surface area contributed by atoms with Crippen molar-refractivity contribution in [2.75, 3.05) is 32.8 Å². The molecule has 130 valence electrons. The first-order valence-electron chi connectivity index (χ1n) is 8.06. The normalized spacial score (nSPS) is 18.3. The van der Waals surface area contributed by atoms with E-state index in [9.17, 15) is 4.79 Å². The van der Waals surface area contributed by atoms with Gasteiger partial charge in [0.2, 0.25) is 5.91 Å². The van der Waals surface area contributed by atoms with Gasteiger partial charge in [0.25, 0.3) is 0 Å². The van der Waals surface area contributed by atoms with Gasteiger partial charge in [0, 0.05) is 38.8 Å². The molecule has 23 heavy (non-hydrogen) atoms. The van der Waals surface area contributed by atoms with Crippen molar-refractivity contribution in [1.82, 2.24) is 15.5 Å². The SMILES string of the molecule is CCOCc1ccccc1CNC(=O)CN1CCNC[C@@H]1C.Cl. The van der Waals surface area contributed by atoms with E-state index in [1.807, 2.05) is 25.1 Å². The predicted octanol–water partition coefficient (Wildman–Crippen LogP) is 1.55. The number of carbonyl (C=O) groups is 1. The fourth-order valence-electron chi connectivity index (χ4n) is 2.63. The van der Waals surface area contributed by atoms with Crippen molar-refractivity contribution in [2.45, 2.75) is 33.0 Å². The quantitative estimate of drug-likeness (QED) is 0.790. The van der Waals surface area contributed by atoms with Gasteiger partial charge in [-0.2, -0.15) is 0 Å². The van der Waals surface area contributed by atoms with Gasteiger partial charge in [-0.25, -0.2) is 0 Å². The molecular formula is C17H28ClN3O2. The molecule has 0 aromatic heterocycles. The largest absolute Gasteiger partial charge is 0.377 e. The molecule has 2 rings (SSSR count). The first-order valence-corrected chi connectivity index (χ1v) is 8.06. The first-order chi connectivity index (χ1) is 10.7. The highest BCUT2D eigenvalue weighted by Gasteiger charge is 2.20. The number of ether oxygens (including phenoxy) is 1. The molecule has 5 nitrogen and oxygen atoms in total. The van der Waals surface area contributed by atoms with Crippen LogP contribution in [-0.2, 0) is 22.7 Å². The van der Waals surface area contributed by atoms with Gasteiger partial charge in [-0.15, -0.1) is 12.4 Å². The average Bonchev–Trinajstić information content (AvgIpc) is 2.54. The number of nitrogens with one attached hydrogen (secondary N) is 2. The number of amides is 1. The van der Waals surface area contributed by atoms with Crippen LogP contribution in [0.5, 0.6) is 0 Å². The predicted molar refractivity (Wildman–Crippen MR) is 94.8 cm³/mol. The lowest BCUT2D eigenvalue weighted by Gasteiger charge is -2.33. The van der Waals surface area contributed by atoms with Crippen LogP contribution in [0, 0.1) is 0 Å². The molecule has 1 heterocycles. The van der Waals surface area contributed by atoms with Crippen LogP contribution >= 0.6 is 12.4 Å². The lowest BCUT2D eigenvalue weighted by atomic mass is 10.1.